The monoisotopic (exact) mass is 466 g/mol. The third-order valence-corrected chi connectivity index (χ3v) is 8.68. The van der Waals surface area contributed by atoms with Gasteiger partial charge in [0.05, 0.1) is 4.90 Å². The smallest absolute Gasteiger partial charge is 0.258 e. The van der Waals surface area contributed by atoms with Gasteiger partial charge in [-0.3, -0.25) is 0 Å². The lowest BCUT2D eigenvalue weighted by Crippen LogP contribution is -2.48. The molecule has 3 aromatic rings. The van der Waals surface area contributed by atoms with Gasteiger partial charge in [0.15, 0.2) is 0 Å². The molecule has 0 radical (unpaired) electrons. The summed E-state index contributed by atoms with van der Waals surface area (Å²) >= 11 is 0. The largest absolute Gasteiger partial charge is 0.334 e. The Morgan fingerprint density at radius 2 is 1.64 bits per heavy atom. The van der Waals surface area contributed by atoms with Crippen molar-refractivity contribution in [3.8, 4) is 22.8 Å². The lowest BCUT2D eigenvalue weighted by Gasteiger charge is -2.39. The van der Waals surface area contributed by atoms with E-state index < -0.39 is 10.0 Å². The summed E-state index contributed by atoms with van der Waals surface area (Å²) in [6.07, 6.45) is 5.61. The molecule has 3 heterocycles. The maximum atomic E-state index is 13.4. The molecule has 7 nitrogen and oxygen atoms in total. The number of likely N-dealkylation sites (tertiary alicyclic amines) is 1. The molecule has 1 aromatic heterocycles. The van der Waals surface area contributed by atoms with E-state index in [4.69, 9.17) is 4.52 Å². The highest BCUT2D eigenvalue weighted by Gasteiger charge is 2.32. The van der Waals surface area contributed by atoms with Crippen LogP contribution in [0.25, 0.3) is 22.8 Å². The molecular formula is C25H30N4O3S. The number of piperidine rings is 2. The molecule has 0 amide bonds. The van der Waals surface area contributed by atoms with Crippen LogP contribution in [0.15, 0.2) is 57.9 Å². The Morgan fingerprint density at radius 3 is 2.36 bits per heavy atom. The van der Waals surface area contributed by atoms with E-state index in [1.807, 2.05) is 31.2 Å². The fraction of sp³-hybridized carbons (Fsp3) is 0.440. The molecule has 2 aromatic carbocycles. The SMILES string of the molecule is Cc1ccc(-c2noc(-c3cccc(S(=O)(=O)N4CCC(N5CCCCC5)CC4)c3)n2)cc1. The topological polar surface area (TPSA) is 79.5 Å². The maximum absolute atomic E-state index is 13.4. The summed E-state index contributed by atoms with van der Waals surface area (Å²) in [7, 11) is -3.57. The number of aryl methyl sites for hydroxylation is 1. The number of hydrogen-bond acceptors (Lipinski definition) is 6. The van der Waals surface area contributed by atoms with E-state index in [0.29, 0.717) is 36.4 Å². The second-order valence-corrected chi connectivity index (χ2v) is 11.0. The predicted molar refractivity (Wildman–Crippen MR) is 127 cm³/mol. The predicted octanol–water partition coefficient (Wildman–Crippen LogP) is 4.35. The van der Waals surface area contributed by atoms with Crippen LogP contribution >= 0.6 is 0 Å². The number of benzene rings is 2. The van der Waals surface area contributed by atoms with Gasteiger partial charge in [0, 0.05) is 30.3 Å². The van der Waals surface area contributed by atoms with Crippen LogP contribution in [0.4, 0.5) is 0 Å². The van der Waals surface area contributed by atoms with E-state index in [2.05, 4.69) is 15.0 Å². The molecule has 0 atom stereocenters. The first-order valence-electron chi connectivity index (χ1n) is 11.8. The van der Waals surface area contributed by atoms with Crippen molar-refractivity contribution >= 4 is 10.0 Å². The van der Waals surface area contributed by atoms with Crippen molar-refractivity contribution in [2.24, 2.45) is 0 Å². The van der Waals surface area contributed by atoms with Gasteiger partial charge in [0.25, 0.3) is 5.89 Å². The van der Waals surface area contributed by atoms with Crippen LogP contribution in [0.3, 0.4) is 0 Å². The molecule has 0 spiro atoms. The van der Waals surface area contributed by atoms with Gasteiger partial charge in [-0.05, 0) is 63.9 Å². The first-order valence-corrected chi connectivity index (χ1v) is 13.2. The van der Waals surface area contributed by atoms with Crippen molar-refractivity contribution in [1.29, 1.82) is 0 Å². The highest BCUT2D eigenvalue weighted by molar-refractivity contribution is 7.89. The molecule has 0 unspecified atom stereocenters. The zero-order valence-electron chi connectivity index (χ0n) is 19.0. The van der Waals surface area contributed by atoms with Crippen LogP contribution in [0, 0.1) is 6.92 Å². The fourth-order valence-electron chi connectivity index (χ4n) is 4.83. The summed E-state index contributed by atoms with van der Waals surface area (Å²) in [6, 6.07) is 15.2. The lowest BCUT2D eigenvalue weighted by molar-refractivity contribution is 0.118. The molecule has 33 heavy (non-hydrogen) atoms. The van der Waals surface area contributed by atoms with Crippen LogP contribution in [-0.4, -0.2) is 60.0 Å². The van der Waals surface area contributed by atoms with Gasteiger partial charge in [-0.1, -0.05) is 47.5 Å². The van der Waals surface area contributed by atoms with Crippen molar-refractivity contribution in [1.82, 2.24) is 19.3 Å². The Kier molecular flexibility index (Phi) is 6.32. The number of nitrogens with zero attached hydrogens (tertiary/aromatic N) is 4. The van der Waals surface area contributed by atoms with Crippen LogP contribution < -0.4 is 0 Å². The zero-order chi connectivity index (χ0) is 22.8. The highest BCUT2D eigenvalue weighted by atomic mass is 32.2. The lowest BCUT2D eigenvalue weighted by atomic mass is 10.0. The van der Waals surface area contributed by atoms with E-state index in [1.165, 1.54) is 19.3 Å². The van der Waals surface area contributed by atoms with E-state index >= 15 is 0 Å². The molecule has 2 aliphatic heterocycles. The highest BCUT2D eigenvalue weighted by Crippen LogP contribution is 2.28. The minimum absolute atomic E-state index is 0.270. The third-order valence-electron chi connectivity index (χ3n) is 6.79. The Balaban J connectivity index is 1.31. The van der Waals surface area contributed by atoms with Crippen molar-refractivity contribution in [2.45, 2.75) is 50.0 Å². The van der Waals surface area contributed by atoms with E-state index in [9.17, 15) is 8.42 Å². The van der Waals surface area contributed by atoms with Gasteiger partial charge in [-0.25, -0.2) is 8.42 Å². The second kappa shape index (κ2) is 9.37. The van der Waals surface area contributed by atoms with Gasteiger partial charge in [0.2, 0.25) is 15.8 Å². The maximum Gasteiger partial charge on any atom is 0.258 e. The number of aromatic nitrogens is 2. The molecule has 5 rings (SSSR count). The van der Waals surface area contributed by atoms with Crippen molar-refractivity contribution < 1.29 is 12.9 Å². The second-order valence-electron chi connectivity index (χ2n) is 9.05. The van der Waals surface area contributed by atoms with Crippen molar-refractivity contribution in [3.63, 3.8) is 0 Å². The van der Waals surface area contributed by atoms with Crippen LogP contribution in [0.2, 0.25) is 0 Å². The van der Waals surface area contributed by atoms with E-state index in [0.717, 1.165) is 37.1 Å². The zero-order valence-corrected chi connectivity index (χ0v) is 19.8. The Hall–Kier alpha value is -2.55. The van der Waals surface area contributed by atoms with Gasteiger partial charge in [-0.2, -0.15) is 9.29 Å². The summed E-state index contributed by atoms with van der Waals surface area (Å²) in [5.41, 5.74) is 2.61. The van der Waals surface area contributed by atoms with Gasteiger partial charge >= 0.3 is 0 Å². The first kappa shape index (κ1) is 22.3. The molecule has 0 bridgehead atoms. The fourth-order valence-corrected chi connectivity index (χ4v) is 6.35. The number of sulfonamides is 1. The minimum Gasteiger partial charge on any atom is -0.334 e. The van der Waals surface area contributed by atoms with Crippen LogP contribution in [-0.2, 0) is 10.0 Å². The normalized spacial score (nSPS) is 19.1. The quantitative estimate of drug-likeness (QED) is 0.556. The van der Waals surface area contributed by atoms with Crippen LogP contribution in [0.1, 0.15) is 37.7 Å². The van der Waals surface area contributed by atoms with E-state index in [-0.39, 0.29) is 4.90 Å². The average Bonchev–Trinajstić information content (AvgIpc) is 3.36. The Labute approximate surface area is 195 Å². The number of rotatable bonds is 5. The van der Waals surface area contributed by atoms with Gasteiger partial charge in [-0.15, -0.1) is 0 Å². The molecule has 0 aliphatic carbocycles. The molecule has 174 valence electrons. The minimum atomic E-state index is -3.57. The summed E-state index contributed by atoms with van der Waals surface area (Å²) in [5.74, 6) is 0.796. The molecule has 2 fully saturated rings. The Morgan fingerprint density at radius 1 is 0.909 bits per heavy atom. The molecular weight excluding hydrogens is 436 g/mol. The van der Waals surface area contributed by atoms with Crippen LogP contribution in [0.5, 0.6) is 0 Å². The third kappa shape index (κ3) is 4.74. The summed E-state index contributed by atoms with van der Waals surface area (Å²) < 4.78 is 33.8. The molecule has 0 N–H and O–H groups in total. The molecule has 0 saturated carbocycles. The van der Waals surface area contributed by atoms with Crippen molar-refractivity contribution in [3.05, 3.63) is 54.1 Å². The van der Waals surface area contributed by atoms with Gasteiger partial charge < -0.3 is 9.42 Å². The molecule has 2 aliphatic rings. The summed E-state index contributed by atoms with van der Waals surface area (Å²) in [4.78, 5) is 7.31. The van der Waals surface area contributed by atoms with Crippen molar-refractivity contribution in [2.75, 3.05) is 26.2 Å². The first-order chi connectivity index (χ1) is 16.0. The summed E-state index contributed by atoms with van der Waals surface area (Å²) in [6.45, 7) is 5.44. The van der Waals surface area contributed by atoms with E-state index in [1.54, 1.807) is 28.6 Å². The molecule has 8 heteroatoms. The Bertz CT molecular complexity index is 1190. The average molecular weight is 467 g/mol. The van der Waals surface area contributed by atoms with Gasteiger partial charge in [0.1, 0.15) is 0 Å². The molecule has 2 saturated heterocycles. The standard InChI is InChI=1S/C25H30N4O3S/c1-19-8-10-20(11-9-19)24-26-25(32-27-24)21-6-5-7-23(18-21)33(30,31)29-16-12-22(13-17-29)28-14-3-2-4-15-28/h5-11,18,22H,2-4,12-17H2,1H3. The summed E-state index contributed by atoms with van der Waals surface area (Å²) in [5, 5.41) is 4.08. The number of hydrogen-bond donors (Lipinski definition) is 0.